The molecule has 0 aromatic heterocycles. The number of thiocarbonyl (C=S) groups is 1. The summed E-state index contributed by atoms with van der Waals surface area (Å²) in [6, 6.07) is 8.09. The predicted molar refractivity (Wildman–Crippen MR) is 118 cm³/mol. The summed E-state index contributed by atoms with van der Waals surface area (Å²) in [5.74, 6) is -0.669. The Bertz CT molecular complexity index is 1060. The molecule has 0 spiro atoms. The summed E-state index contributed by atoms with van der Waals surface area (Å²) < 4.78 is 5.26. The summed E-state index contributed by atoms with van der Waals surface area (Å²) in [4.78, 5) is 35.6. The molecule has 1 amide bonds. The number of nitro groups is 2. The van der Waals surface area contributed by atoms with E-state index in [0.717, 1.165) is 0 Å². The van der Waals surface area contributed by atoms with Crippen molar-refractivity contribution in [1.82, 2.24) is 5.32 Å². The maximum absolute atomic E-state index is 12.5. The highest BCUT2D eigenvalue weighted by molar-refractivity contribution is 7.80. The lowest BCUT2D eigenvalue weighted by Crippen LogP contribution is -2.37. The van der Waals surface area contributed by atoms with Crippen LogP contribution in [0.25, 0.3) is 0 Å². The number of morpholine rings is 1. The van der Waals surface area contributed by atoms with Gasteiger partial charge in [-0.15, -0.1) is 0 Å². The number of anilines is 2. The van der Waals surface area contributed by atoms with Crippen LogP contribution in [0.3, 0.4) is 0 Å². The van der Waals surface area contributed by atoms with E-state index in [1.807, 2.05) is 4.90 Å². The Morgan fingerprint density at radius 1 is 1.06 bits per heavy atom. The van der Waals surface area contributed by atoms with E-state index in [-0.39, 0.29) is 32.8 Å². The summed E-state index contributed by atoms with van der Waals surface area (Å²) in [6.45, 7) is 1.94. The first-order chi connectivity index (χ1) is 14.8. The topological polar surface area (TPSA) is 140 Å². The molecule has 11 nitrogen and oxygen atoms in total. The van der Waals surface area contributed by atoms with Crippen LogP contribution < -0.4 is 15.5 Å². The van der Waals surface area contributed by atoms with Gasteiger partial charge in [0.05, 0.1) is 23.1 Å². The lowest BCUT2D eigenvalue weighted by Gasteiger charge is -2.28. The van der Waals surface area contributed by atoms with Crippen LogP contribution in [0.4, 0.5) is 22.7 Å². The number of ether oxygens (including phenoxy) is 1. The van der Waals surface area contributed by atoms with E-state index in [0.29, 0.717) is 32.0 Å². The van der Waals surface area contributed by atoms with Crippen molar-refractivity contribution in [3.8, 4) is 0 Å². The van der Waals surface area contributed by atoms with E-state index >= 15 is 0 Å². The molecule has 0 bridgehead atoms. The molecule has 0 atom stereocenters. The van der Waals surface area contributed by atoms with E-state index in [1.165, 1.54) is 36.4 Å². The van der Waals surface area contributed by atoms with Gasteiger partial charge in [0.15, 0.2) is 5.11 Å². The zero-order valence-corrected chi connectivity index (χ0v) is 17.4. The minimum Gasteiger partial charge on any atom is -0.378 e. The number of hydrogen-bond acceptors (Lipinski definition) is 8. The molecule has 13 heteroatoms. The maximum Gasteiger partial charge on any atom is 0.293 e. The zero-order chi connectivity index (χ0) is 22.5. The molecule has 2 N–H and O–H groups in total. The van der Waals surface area contributed by atoms with Gasteiger partial charge in [-0.2, -0.15) is 0 Å². The van der Waals surface area contributed by atoms with Gasteiger partial charge in [-0.25, -0.2) is 0 Å². The molecule has 0 saturated carbocycles. The SMILES string of the molecule is O=C(NC(=S)Nc1ccc(Cl)c([N+](=O)[O-])c1)c1ccc(N2CCOCC2)c([N+](=O)[O-])c1. The van der Waals surface area contributed by atoms with Gasteiger partial charge in [0.25, 0.3) is 17.3 Å². The van der Waals surface area contributed by atoms with E-state index in [2.05, 4.69) is 10.6 Å². The second-order valence-corrected chi connectivity index (χ2v) is 7.21. The van der Waals surface area contributed by atoms with Crippen LogP contribution in [0.1, 0.15) is 10.4 Å². The molecular weight excluding hydrogens is 450 g/mol. The minimum atomic E-state index is -0.669. The zero-order valence-electron chi connectivity index (χ0n) is 15.9. The highest BCUT2D eigenvalue weighted by Gasteiger charge is 2.23. The molecule has 1 saturated heterocycles. The summed E-state index contributed by atoms with van der Waals surface area (Å²) >= 11 is 10.8. The lowest BCUT2D eigenvalue weighted by molar-refractivity contribution is -0.384. The number of nitro benzene ring substituents is 2. The van der Waals surface area contributed by atoms with E-state index in [9.17, 15) is 25.0 Å². The predicted octanol–water partition coefficient (Wildman–Crippen LogP) is 3.12. The molecule has 1 aliphatic heterocycles. The van der Waals surface area contributed by atoms with Crippen molar-refractivity contribution < 1.29 is 19.4 Å². The normalized spacial score (nSPS) is 13.4. The number of halogens is 1. The number of nitrogens with one attached hydrogen (secondary N) is 2. The number of hydrogen-bond donors (Lipinski definition) is 2. The third kappa shape index (κ3) is 5.42. The molecular formula is C18H16ClN5O6S. The molecule has 2 aromatic carbocycles. The Balaban J connectivity index is 1.73. The van der Waals surface area contributed by atoms with Crippen molar-refractivity contribution in [2.75, 3.05) is 36.5 Å². The van der Waals surface area contributed by atoms with Crippen molar-refractivity contribution in [1.29, 1.82) is 0 Å². The average Bonchev–Trinajstić information content (AvgIpc) is 2.75. The van der Waals surface area contributed by atoms with Gasteiger partial charge in [-0.1, -0.05) is 11.6 Å². The largest absolute Gasteiger partial charge is 0.378 e. The van der Waals surface area contributed by atoms with Crippen molar-refractivity contribution in [2.24, 2.45) is 0 Å². The van der Waals surface area contributed by atoms with Crippen LogP contribution in [0.5, 0.6) is 0 Å². The third-order valence-corrected chi connectivity index (χ3v) is 4.94. The Morgan fingerprint density at radius 2 is 1.74 bits per heavy atom. The van der Waals surface area contributed by atoms with Crippen LogP contribution in [-0.4, -0.2) is 47.2 Å². The van der Waals surface area contributed by atoms with Crippen molar-refractivity contribution in [3.63, 3.8) is 0 Å². The second kappa shape index (κ2) is 9.64. The molecule has 1 heterocycles. The van der Waals surface area contributed by atoms with Gasteiger partial charge >= 0.3 is 0 Å². The fraction of sp³-hybridized carbons (Fsp3) is 0.222. The quantitative estimate of drug-likeness (QED) is 0.387. The molecule has 1 aliphatic rings. The second-order valence-electron chi connectivity index (χ2n) is 6.39. The first kappa shape index (κ1) is 22.3. The van der Waals surface area contributed by atoms with Crippen LogP contribution >= 0.6 is 23.8 Å². The number of carbonyl (C=O) groups is 1. The van der Waals surface area contributed by atoms with Crippen LogP contribution in [0.2, 0.25) is 5.02 Å². The number of nitrogens with zero attached hydrogens (tertiary/aromatic N) is 3. The molecule has 31 heavy (non-hydrogen) atoms. The van der Waals surface area contributed by atoms with Gasteiger partial charge in [0.1, 0.15) is 10.7 Å². The van der Waals surface area contributed by atoms with Crippen LogP contribution in [0.15, 0.2) is 36.4 Å². The number of amides is 1. The molecule has 1 fully saturated rings. The molecule has 0 aliphatic carbocycles. The Labute approximate surface area is 186 Å². The van der Waals surface area contributed by atoms with Gasteiger partial charge in [0, 0.05) is 36.5 Å². The summed E-state index contributed by atoms with van der Waals surface area (Å²) in [6.07, 6.45) is 0. The van der Waals surface area contributed by atoms with Gasteiger partial charge in [-0.3, -0.25) is 30.3 Å². The first-order valence-electron chi connectivity index (χ1n) is 8.93. The molecule has 2 aromatic rings. The van der Waals surface area contributed by atoms with Gasteiger partial charge in [-0.05, 0) is 36.5 Å². The van der Waals surface area contributed by atoms with Crippen molar-refractivity contribution in [2.45, 2.75) is 0 Å². The number of rotatable bonds is 5. The maximum atomic E-state index is 12.5. The Morgan fingerprint density at radius 3 is 2.39 bits per heavy atom. The van der Waals surface area contributed by atoms with E-state index in [1.54, 1.807) is 0 Å². The molecule has 0 unspecified atom stereocenters. The summed E-state index contributed by atoms with van der Waals surface area (Å²) in [7, 11) is 0. The van der Waals surface area contributed by atoms with E-state index in [4.69, 9.17) is 28.6 Å². The Hall–Kier alpha value is -3.35. The fourth-order valence-corrected chi connectivity index (χ4v) is 3.35. The van der Waals surface area contributed by atoms with Gasteiger partial charge < -0.3 is 15.0 Å². The molecule has 162 valence electrons. The smallest absolute Gasteiger partial charge is 0.293 e. The lowest BCUT2D eigenvalue weighted by atomic mass is 10.1. The van der Waals surface area contributed by atoms with Crippen molar-refractivity contribution in [3.05, 3.63) is 67.2 Å². The third-order valence-electron chi connectivity index (χ3n) is 4.41. The first-order valence-corrected chi connectivity index (χ1v) is 9.72. The Kier molecular flexibility index (Phi) is 6.95. The van der Waals surface area contributed by atoms with Crippen LogP contribution in [-0.2, 0) is 4.74 Å². The van der Waals surface area contributed by atoms with Gasteiger partial charge in [0.2, 0.25) is 0 Å². The molecule has 3 rings (SSSR count). The highest BCUT2D eigenvalue weighted by Crippen LogP contribution is 2.30. The number of benzene rings is 2. The van der Waals surface area contributed by atoms with E-state index < -0.39 is 15.8 Å². The van der Waals surface area contributed by atoms with Crippen LogP contribution in [0, 0.1) is 20.2 Å². The minimum absolute atomic E-state index is 0.0370. The number of carbonyl (C=O) groups excluding carboxylic acids is 1. The summed E-state index contributed by atoms with van der Waals surface area (Å²) in [5, 5.41) is 27.4. The average molecular weight is 466 g/mol. The fourth-order valence-electron chi connectivity index (χ4n) is 2.95. The highest BCUT2D eigenvalue weighted by atomic mass is 35.5. The van der Waals surface area contributed by atoms with Crippen molar-refractivity contribution >= 4 is 57.6 Å². The monoisotopic (exact) mass is 465 g/mol. The standard InChI is InChI=1S/C18H16ClN5O6S/c19-13-3-2-12(10-15(13)23(26)27)20-18(31)21-17(25)11-1-4-14(16(9-11)24(28)29)22-5-7-30-8-6-22/h1-4,9-10H,5-8H2,(H2,20,21,25,31). The molecule has 0 radical (unpaired) electrons. The summed E-state index contributed by atoms with van der Waals surface area (Å²) in [5.41, 5.74) is 0.154.